The highest BCUT2D eigenvalue weighted by molar-refractivity contribution is 5.73. The molecule has 0 bridgehead atoms. The van der Waals surface area contributed by atoms with Gasteiger partial charge in [-0.25, -0.2) is 19.3 Å². The molecule has 2 aromatic heterocycles. The summed E-state index contributed by atoms with van der Waals surface area (Å²) in [6, 6.07) is 1.72. The third kappa shape index (κ3) is 6.09. The van der Waals surface area contributed by atoms with E-state index in [9.17, 15) is 9.18 Å². The summed E-state index contributed by atoms with van der Waals surface area (Å²) in [5.74, 6) is 0.694. The van der Waals surface area contributed by atoms with E-state index in [-0.39, 0.29) is 24.2 Å². The molecule has 0 aromatic carbocycles. The van der Waals surface area contributed by atoms with Crippen molar-refractivity contribution >= 4 is 5.91 Å². The minimum Gasteiger partial charge on any atom is -0.491 e. The summed E-state index contributed by atoms with van der Waals surface area (Å²) in [6.07, 6.45) is 7.42. The Morgan fingerprint density at radius 2 is 1.83 bits per heavy atom. The molecule has 30 heavy (non-hydrogen) atoms. The third-order valence-corrected chi connectivity index (χ3v) is 4.85. The lowest BCUT2D eigenvalue weighted by molar-refractivity contribution is -0.120. The number of hydrogen-bond acceptors (Lipinski definition) is 7. The Kier molecular flexibility index (Phi) is 7.51. The summed E-state index contributed by atoms with van der Waals surface area (Å²) in [5, 5.41) is 2.82. The Hall–Kier alpha value is -2.81. The van der Waals surface area contributed by atoms with E-state index >= 15 is 0 Å². The van der Waals surface area contributed by atoms with Crippen molar-refractivity contribution < 1.29 is 23.4 Å². The van der Waals surface area contributed by atoms with E-state index in [0.29, 0.717) is 29.6 Å². The van der Waals surface area contributed by atoms with Gasteiger partial charge >= 0.3 is 0 Å². The van der Waals surface area contributed by atoms with E-state index < -0.39 is 5.82 Å². The molecule has 3 rings (SSSR count). The minimum absolute atomic E-state index is 0.00599. The number of pyridine rings is 1. The van der Waals surface area contributed by atoms with Gasteiger partial charge in [0.25, 0.3) is 5.88 Å². The highest BCUT2D eigenvalue weighted by atomic mass is 19.1. The molecule has 1 aliphatic carbocycles. The van der Waals surface area contributed by atoms with Gasteiger partial charge in [-0.1, -0.05) is 0 Å². The smallest absolute Gasteiger partial charge is 0.257 e. The summed E-state index contributed by atoms with van der Waals surface area (Å²) in [4.78, 5) is 23.4. The lowest BCUT2D eigenvalue weighted by Gasteiger charge is -2.29. The van der Waals surface area contributed by atoms with Crippen LogP contribution in [0.1, 0.15) is 39.5 Å². The maximum atomic E-state index is 13.0. The lowest BCUT2D eigenvalue weighted by atomic mass is 9.95. The summed E-state index contributed by atoms with van der Waals surface area (Å²) in [5.41, 5.74) is 0.615. The fourth-order valence-corrected chi connectivity index (χ4v) is 3.39. The molecule has 1 amide bonds. The molecular formula is C21H27FN4O4. The quantitative estimate of drug-likeness (QED) is 0.704. The SMILES string of the molecule is COc1cc(-c2ncc(F)cn2)cnc1OC1CCC(OC[C@H](C)NC(C)=O)CC1. The lowest BCUT2D eigenvalue weighted by Crippen LogP contribution is -2.36. The maximum absolute atomic E-state index is 13.0. The molecule has 0 aliphatic heterocycles. The van der Waals surface area contributed by atoms with E-state index in [1.807, 2.05) is 6.92 Å². The summed E-state index contributed by atoms with van der Waals surface area (Å²) in [6.45, 7) is 3.92. The normalized spacial score (nSPS) is 19.7. The fraction of sp³-hybridized carbons (Fsp3) is 0.524. The van der Waals surface area contributed by atoms with E-state index in [1.54, 1.807) is 19.4 Å². The molecule has 162 valence electrons. The second kappa shape index (κ2) is 10.3. The van der Waals surface area contributed by atoms with Gasteiger partial charge in [-0.15, -0.1) is 0 Å². The molecule has 1 aliphatic rings. The average Bonchev–Trinajstić information content (AvgIpc) is 2.73. The van der Waals surface area contributed by atoms with Crippen molar-refractivity contribution in [3.8, 4) is 23.0 Å². The zero-order chi connectivity index (χ0) is 21.5. The molecule has 0 radical (unpaired) electrons. The Balaban J connectivity index is 1.53. The van der Waals surface area contributed by atoms with E-state index in [2.05, 4.69) is 20.3 Å². The largest absolute Gasteiger partial charge is 0.491 e. The van der Waals surface area contributed by atoms with Crippen molar-refractivity contribution in [3.05, 3.63) is 30.5 Å². The number of carbonyl (C=O) groups excluding carboxylic acids is 1. The number of nitrogens with one attached hydrogen (secondary N) is 1. The van der Waals surface area contributed by atoms with Crippen LogP contribution in [0.15, 0.2) is 24.7 Å². The number of halogens is 1. The molecule has 0 saturated heterocycles. The van der Waals surface area contributed by atoms with Gasteiger partial charge in [0.05, 0.1) is 32.2 Å². The van der Waals surface area contributed by atoms with Crippen LogP contribution in [0.5, 0.6) is 11.6 Å². The first-order valence-electron chi connectivity index (χ1n) is 10.0. The van der Waals surface area contributed by atoms with Gasteiger partial charge in [-0.3, -0.25) is 4.79 Å². The zero-order valence-corrected chi connectivity index (χ0v) is 17.4. The molecule has 2 heterocycles. The van der Waals surface area contributed by atoms with Crippen LogP contribution in [0.3, 0.4) is 0 Å². The van der Waals surface area contributed by atoms with E-state index in [1.165, 1.54) is 6.92 Å². The molecule has 1 fully saturated rings. The van der Waals surface area contributed by atoms with Gasteiger partial charge in [0, 0.05) is 24.7 Å². The third-order valence-electron chi connectivity index (χ3n) is 4.85. The second-order valence-electron chi connectivity index (χ2n) is 7.41. The van der Waals surface area contributed by atoms with E-state index in [0.717, 1.165) is 38.1 Å². The monoisotopic (exact) mass is 418 g/mol. The van der Waals surface area contributed by atoms with Crippen molar-refractivity contribution in [2.75, 3.05) is 13.7 Å². The van der Waals surface area contributed by atoms with Gasteiger partial charge in [-0.05, 0) is 38.7 Å². The Labute approximate surface area is 175 Å². The fourth-order valence-electron chi connectivity index (χ4n) is 3.39. The Morgan fingerprint density at radius 1 is 1.17 bits per heavy atom. The molecule has 0 unspecified atom stereocenters. The van der Waals surface area contributed by atoms with Crippen molar-refractivity contribution in [1.29, 1.82) is 0 Å². The Bertz CT molecular complexity index is 841. The zero-order valence-electron chi connectivity index (χ0n) is 17.4. The van der Waals surface area contributed by atoms with Crippen LogP contribution in [0.4, 0.5) is 4.39 Å². The summed E-state index contributed by atoms with van der Waals surface area (Å²) >= 11 is 0. The van der Waals surface area contributed by atoms with Crippen LogP contribution in [-0.2, 0) is 9.53 Å². The second-order valence-corrected chi connectivity index (χ2v) is 7.41. The number of rotatable bonds is 8. The number of ether oxygens (including phenoxy) is 3. The van der Waals surface area contributed by atoms with Crippen molar-refractivity contribution in [2.45, 2.75) is 57.8 Å². The van der Waals surface area contributed by atoms with Crippen LogP contribution in [0.2, 0.25) is 0 Å². The van der Waals surface area contributed by atoms with Crippen LogP contribution in [0.25, 0.3) is 11.4 Å². The first-order valence-corrected chi connectivity index (χ1v) is 10.0. The summed E-state index contributed by atoms with van der Waals surface area (Å²) in [7, 11) is 1.54. The molecular weight excluding hydrogens is 391 g/mol. The van der Waals surface area contributed by atoms with E-state index in [4.69, 9.17) is 14.2 Å². The van der Waals surface area contributed by atoms with Crippen molar-refractivity contribution in [1.82, 2.24) is 20.3 Å². The number of hydrogen-bond donors (Lipinski definition) is 1. The standard InChI is InChI=1S/C21H27FN4O4/c1-13(26-14(2)27)12-29-17-4-6-18(7-5-17)30-21-19(28-3)8-15(9-25-21)20-23-10-16(22)11-24-20/h8-11,13,17-18H,4-7,12H2,1-3H3,(H,26,27)/t13-,17?,18?/m0/s1. The minimum atomic E-state index is -0.497. The number of nitrogens with zero attached hydrogens (tertiary/aromatic N) is 3. The molecule has 0 spiro atoms. The molecule has 8 nitrogen and oxygen atoms in total. The van der Waals surface area contributed by atoms with Crippen molar-refractivity contribution in [2.24, 2.45) is 0 Å². The van der Waals surface area contributed by atoms with Gasteiger partial charge in [0.1, 0.15) is 6.10 Å². The van der Waals surface area contributed by atoms with Gasteiger partial charge in [-0.2, -0.15) is 0 Å². The predicted octanol–water partition coefficient (Wildman–Crippen LogP) is 2.92. The predicted molar refractivity (Wildman–Crippen MR) is 108 cm³/mol. The van der Waals surface area contributed by atoms with Gasteiger partial charge < -0.3 is 19.5 Å². The maximum Gasteiger partial charge on any atom is 0.257 e. The number of carbonyl (C=O) groups is 1. The van der Waals surface area contributed by atoms with Crippen LogP contribution >= 0.6 is 0 Å². The molecule has 1 atom stereocenters. The molecule has 2 aromatic rings. The molecule has 9 heteroatoms. The highest BCUT2D eigenvalue weighted by Gasteiger charge is 2.25. The number of amides is 1. The molecule has 1 N–H and O–H groups in total. The Morgan fingerprint density at radius 3 is 2.47 bits per heavy atom. The number of methoxy groups -OCH3 is 1. The molecule has 1 saturated carbocycles. The first kappa shape index (κ1) is 21.9. The van der Waals surface area contributed by atoms with Crippen LogP contribution in [0, 0.1) is 5.82 Å². The van der Waals surface area contributed by atoms with Crippen LogP contribution in [-0.4, -0.2) is 52.8 Å². The highest BCUT2D eigenvalue weighted by Crippen LogP contribution is 2.32. The van der Waals surface area contributed by atoms with Crippen LogP contribution < -0.4 is 14.8 Å². The van der Waals surface area contributed by atoms with Crippen molar-refractivity contribution in [3.63, 3.8) is 0 Å². The number of aromatic nitrogens is 3. The van der Waals surface area contributed by atoms with Gasteiger partial charge in [0.2, 0.25) is 5.91 Å². The summed E-state index contributed by atoms with van der Waals surface area (Å²) < 4.78 is 30.4. The first-order chi connectivity index (χ1) is 14.4. The topological polar surface area (TPSA) is 95.5 Å². The average molecular weight is 418 g/mol. The van der Waals surface area contributed by atoms with Gasteiger partial charge in [0.15, 0.2) is 17.4 Å².